The molecule has 0 fully saturated rings. The average molecular weight is 723 g/mol. The zero-order chi connectivity index (χ0) is 34.8. The van der Waals surface area contributed by atoms with Crippen molar-refractivity contribution in [1.29, 1.82) is 0 Å². The second-order valence-electron chi connectivity index (χ2n) is 8.37. The minimum absolute atomic E-state index is 0. The van der Waals surface area contributed by atoms with E-state index in [1.54, 1.807) is 20.8 Å². The number of aliphatic hydroxyl groups is 1. The number of alkyl halides is 1. The Kier molecular flexibility index (Phi) is 61.4. The van der Waals surface area contributed by atoms with Crippen molar-refractivity contribution in [3.8, 4) is 35.5 Å². The van der Waals surface area contributed by atoms with Gasteiger partial charge in [0, 0.05) is 13.0 Å². The van der Waals surface area contributed by atoms with Crippen LogP contribution in [-0.4, -0.2) is 47.2 Å². The van der Waals surface area contributed by atoms with Gasteiger partial charge in [0.2, 0.25) is 5.78 Å². The van der Waals surface area contributed by atoms with E-state index in [-0.39, 0.29) is 161 Å². The molecule has 0 aliphatic heterocycles. The molecule has 11 heteroatoms. The fourth-order valence-corrected chi connectivity index (χ4v) is 2.99. The Balaban J connectivity index is -0.0000000726. The van der Waals surface area contributed by atoms with E-state index in [0.29, 0.717) is 5.88 Å². The summed E-state index contributed by atoms with van der Waals surface area (Å²) in [5, 5.41) is 16.0. The van der Waals surface area contributed by atoms with Crippen molar-refractivity contribution in [3.05, 3.63) is 47.0 Å². The van der Waals surface area contributed by atoms with Gasteiger partial charge in [-0.2, -0.15) is 0 Å². The zero-order valence-electron chi connectivity index (χ0n) is 30.0. The monoisotopic (exact) mass is 722 g/mol. The molecule has 1 aliphatic carbocycles. The van der Waals surface area contributed by atoms with Crippen molar-refractivity contribution in [1.82, 2.24) is 0 Å². The van der Waals surface area contributed by atoms with Gasteiger partial charge in [-0.05, 0) is 84.4 Å². The maximum atomic E-state index is 10.5. The first-order valence-corrected chi connectivity index (χ1v) is 14.0. The fourth-order valence-electron chi connectivity index (χ4n) is 2.86. The van der Waals surface area contributed by atoms with Gasteiger partial charge >= 0.3 is 103 Å². The van der Waals surface area contributed by atoms with Crippen LogP contribution < -0.4 is 108 Å². The van der Waals surface area contributed by atoms with Gasteiger partial charge in [0.1, 0.15) is 17.3 Å². The molecule has 0 bridgehead atoms. The Hall–Kier alpha value is -0.987. The topological polar surface area (TPSA) is 138 Å². The Morgan fingerprint density at radius 1 is 0.894 bits per heavy atom. The number of benzene rings is 1. The first kappa shape index (κ1) is 61.3. The molecular formula is C36H49ClK2O8. The van der Waals surface area contributed by atoms with Gasteiger partial charge in [-0.3, -0.25) is 24.0 Å². The summed E-state index contributed by atoms with van der Waals surface area (Å²) in [6, 6.07) is 8.55. The smallest absolute Gasteiger partial charge is 1.00 e. The first-order valence-electron chi connectivity index (χ1n) is 13.5. The number of carbonyl (C=O) groups excluding carboxylic acids is 5. The molecule has 1 N–H and O–H groups in total. The molecule has 0 saturated heterocycles. The van der Waals surface area contributed by atoms with Crippen molar-refractivity contribution in [2.24, 2.45) is 0 Å². The average Bonchev–Trinajstić information content (AvgIpc) is 3.39. The molecule has 0 aromatic heterocycles. The van der Waals surface area contributed by atoms with Gasteiger partial charge in [-0.15, -0.1) is 29.4 Å². The number of fused-ring (bicyclic) bond motifs is 1. The van der Waals surface area contributed by atoms with E-state index >= 15 is 0 Å². The van der Waals surface area contributed by atoms with Crippen molar-refractivity contribution in [2.75, 3.05) is 12.5 Å². The number of ketones is 4. The number of aliphatic hydroxyl groups excluding tert-OH is 1. The SMILES string of the molecule is C.CC#CC(=O)CC(C)=O.CC#CCC/C(C)=C1\C=Cc2ccccc21.CC#CCCl.CC(=O)CC(C)=O.CCO.O=CO[O-].[H-].[K+].[K+]. The van der Waals surface area contributed by atoms with Crippen LogP contribution in [0.3, 0.4) is 0 Å². The number of rotatable bonds is 7. The summed E-state index contributed by atoms with van der Waals surface area (Å²) in [6.07, 6.45) is 6.47. The van der Waals surface area contributed by atoms with Crippen LogP contribution in [0.4, 0.5) is 0 Å². The van der Waals surface area contributed by atoms with Crippen molar-refractivity contribution in [2.45, 2.75) is 88.5 Å². The number of carbonyl (C=O) groups is 5. The predicted octanol–water partition coefficient (Wildman–Crippen LogP) is -0.159. The summed E-state index contributed by atoms with van der Waals surface area (Å²) in [7, 11) is 0. The molecule has 0 spiro atoms. The third-order valence-corrected chi connectivity index (χ3v) is 4.53. The molecule has 1 aromatic carbocycles. The van der Waals surface area contributed by atoms with Gasteiger partial charge < -0.3 is 16.7 Å². The van der Waals surface area contributed by atoms with Crippen LogP contribution in [0, 0.1) is 35.5 Å². The normalized spacial score (nSPS) is 9.26. The summed E-state index contributed by atoms with van der Waals surface area (Å²) >= 11 is 5.13. The molecule has 250 valence electrons. The van der Waals surface area contributed by atoms with E-state index in [9.17, 15) is 19.2 Å². The number of hydrogen-bond acceptors (Lipinski definition) is 8. The van der Waals surface area contributed by atoms with Crippen LogP contribution in [0.15, 0.2) is 35.9 Å². The molecule has 0 unspecified atom stereocenters. The van der Waals surface area contributed by atoms with E-state index in [2.05, 4.69) is 83.8 Å². The maximum absolute atomic E-state index is 10.5. The van der Waals surface area contributed by atoms with Crippen LogP contribution in [0.5, 0.6) is 0 Å². The molecule has 0 atom stereocenters. The Bertz CT molecular complexity index is 1260. The Morgan fingerprint density at radius 2 is 1.36 bits per heavy atom. The molecule has 0 radical (unpaired) electrons. The van der Waals surface area contributed by atoms with Crippen LogP contribution in [0.1, 0.15) is 101 Å². The largest absolute Gasteiger partial charge is 1.00 e. The summed E-state index contributed by atoms with van der Waals surface area (Å²) in [5.41, 5.74) is 5.51. The van der Waals surface area contributed by atoms with Gasteiger partial charge in [0.25, 0.3) is 6.47 Å². The summed E-state index contributed by atoms with van der Waals surface area (Å²) in [5.74, 6) is 15.9. The number of allylic oxidation sites excluding steroid dienone is 3. The second-order valence-corrected chi connectivity index (χ2v) is 8.64. The minimum Gasteiger partial charge on any atom is -1.00 e. The molecule has 2 rings (SSSR count). The molecule has 1 aromatic rings. The number of hydrogen-bond donors (Lipinski definition) is 1. The van der Waals surface area contributed by atoms with E-state index in [4.69, 9.17) is 26.8 Å². The number of halogens is 1. The number of Topliss-reactive ketones (excluding diaryl/α,β-unsaturated/α-hetero) is 4. The van der Waals surface area contributed by atoms with Crippen molar-refractivity contribution in [3.63, 3.8) is 0 Å². The Morgan fingerprint density at radius 3 is 1.70 bits per heavy atom. The van der Waals surface area contributed by atoms with Gasteiger partial charge in [0.05, 0.1) is 18.7 Å². The molecule has 47 heavy (non-hydrogen) atoms. The van der Waals surface area contributed by atoms with Crippen molar-refractivity contribution < 1.29 is 143 Å². The summed E-state index contributed by atoms with van der Waals surface area (Å²) in [6.45, 7) is 13.4. The van der Waals surface area contributed by atoms with Crippen LogP contribution >= 0.6 is 11.6 Å². The van der Waals surface area contributed by atoms with Crippen LogP contribution in [0.25, 0.3) is 11.6 Å². The maximum Gasteiger partial charge on any atom is 1.00 e. The first-order chi connectivity index (χ1) is 20.9. The molecule has 8 nitrogen and oxygen atoms in total. The Labute approximate surface area is 374 Å². The van der Waals surface area contributed by atoms with Gasteiger partial charge in [0.15, 0.2) is 0 Å². The van der Waals surface area contributed by atoms with E-state index in [0.717, 1.165) is 12.8 Å². The third kappa shape index (κ3) is 47.2. The predicted molar refractivity (Wildman–Crippen MR) is 182 cm³/mol. The summed E-state index contributed by atoms with van der Waals surface area (Å²) in [4.78, 5) is 52.0. The standard InChI is InChI=1S/C16H16.C7H8O2.C5H8O2.C4H5Cl.C2H6O.CH2O3.CH4.2K.H/c1-3-4-5-8-13(2)15-12-11-14-9-6-7-10-16(14)15;1-3-4-7(9)5-6(2)8;1-4(6)3-5(2)7;1-2-3-4-5;1-2-3;2-1-4-3;;;;/h6-7,9-12H,5,8H2,1-2H3;5H2,1-2H3;3H2,1-2H3;4H2,1H3;3H,2H2,1H3;1,3H;1H4;;;/q;;;;;;;2*+1;-1/p-1/b15-13+;;;;;;;;;. The fraction of sp³-hybridized carbons (Fsp3) is 0.417. The van der Waals surface area contributed by atoms with E-state index in [1.807, 2.05) is 6.92 Å². The zero-order valence-corrected chi connectivity index (χ0v) is 36.0. The molecule has 0 heterocycles. The molecule has 1 aliphatic rings. The quantitative estimate of drug-likeness (QED) is 0.0600. The molecule has 0 amide bonds. The third-order valence-electron chi connectivity index (χ3n) is 4.40. The van der Waals surface area contributed by atoms with Crippen LogP contribution in [-0.2, 0) is 28.9 Å². The van der Waals surface area contributed by atoms with E-state index in [1.165, 1.54) is 43.0 Å². The summed E-state index contributed by atoms with van der Waals surface area (Å²) < 4.78 is 0. The second kappa shape index (κ2) is 47.1. The van der Waals surface area contributed by atoms with E-state index < -0.39 is 0 Å². The van der Waals surface area contributed by atoms with Crippen LogP contribution in [0.2, 0.25) is 0 Å². The molecular weight excluding hydrogens is 674 g/mol. The van der Waals surface area contributed by atoms with Crippen molar-refractivity contribution >= 4 is 52.9 Å². The molecule has 0 saturated carbocycles. The van der Waals surface area contributed by atoms with Gasteiger partial charge in [-0.1, -0.05) is 61.3 Å². The minimum atomic E-state index is -0.301. The van der Waals surface area contributed by atoms with Gasteiger partial charge in [-0.25, -0.2) is 0 Å².